The summed E-state index contributed by atoms with van der Waals surface area (Å²) in [6, 6.07) is -0.777. The number of fused-ring (bicyclic) bond motifs is 1. The number of nitrogen functional groups attached to an aromatic ring is 1. The Morgan fingerprint density at radius 3 is 2.68 bits per heavy atom. The number of carbonyl (C=O) groups is 1. The molecule has 10 N–H and O–H groups in total. The van der Waals surface area contributed by atoms with Crippen molar-refractivity contribution < 1.29 is 30.6 Å². The van der Waals surface area contributed by atoms with Crippen LogP contribution in [0.4, 0.5) is 5.82 Å². The maximum Gasteiger partial charge on any atom is 0.362 e. The summed E-state index contributed by atoms with van der Waals surface area (Å²) in [5.41, 5.74) is 16.1. The Hall–Kier alpha value is -2.42. The number of quaternary nitrogens is 1. The molecule has 0 aliphatic carbocycles. The number of hydrogen-bond acceptors (Lipinski definition) is 10. The number of hydrogen-bond donors (Lipinski definition) is 6. The van der Waals surface area contributed by atoms with Crippen LogP contribution in [0.15, 0.2) is 12.7 Å². The molecule has 3 rings (SSSR count). The van der Waals surface area contributed by atoms with Crippen LogP contribution in [-0.4, -0.2) is 95.7 Å². The molecule has 31 heavy (non-hydrogen) atoms. The monoisotopic (exact) mass is 439 g/mol. The Bertz CT molecular complexity index is 893. The second kappa shape index (κ2) is 9.80. The molecule has 2 aromatic rings. The first kappa shape index (κ1) is 23.2. The van der Waals surface area contributed by atoms with Crippen LogP contribution in [0.25, 0.3) is 11.2 Å². The maximum atomic E-state index is 11.1. The minimum Gasteiger partial charge on any atom is -0.477 e. The molecule has 13 heteroatoms. The number of anilines is 1. The van der Waals surface area contributed by atoms with Gasteiger partial charge in [-0.15, -0.1) is 0 Å². The molecule has 1 saturated heterocycles. The first-order valence-corrected chi connectivity index (χ1v) is 10.2. The first-order valence-electron chi connectivity index (χ1n) is 10.2. The zero-order valence-corrected chi connectivity index (χ0v) is 17.4. The normalized spacial score (nSPS) is 25.9. The van der Waals surface area contributed by atoms with E-state index in [9.17, 15) is 15.0 Å². The van der Waals surface area contributed by atoms with Gasteiger partial charge in [0, 0.05) is 25.6 Å². The van der Waals surface area contributed by atoms with Crippen LogP contribution >= 0.6 is 0 Å². The van der Waals surface area contributed by atoms with E-state index in [-0.39, 0.29) is 18.4 Å². The molecular formula is C18H31N8O5+. The molecule has 0 spiro atoms. The summed E-state index contributed by atoms with van der Waals surface area (Å²) in [5, 5.41) is 30.3. The SMILES string of the molecule is C[C@@H](N)CCN(CC[C@H]([NH3+])C(=O)O)C[C@H]1O[C@@H](n2cnc3c(N)ncnc32)[C@H](O)[C@@H]1O. The van der Waals surface area contributed by atoms with Crippen LogP contribution in [0.2, 0.25) is 0 Å². The molecule has 0 unspecified atom stereocenters. The number of carboxylic acid groups (broad SMARTS) is 1. The van der Waals surface area contributed by atoms with Crippen LogP contribution in [-0.2, 0) is 9.53 Å². The average molecular weight is 439 g/mol. The summed E-state index contributed by atoms with van der Waals surface area (Å²) in [4.78, 5) is 25.3. The highest BCUT2D eigenvalue weighted by Gasteiger charge is 2.44. The second-order valence-electron chi connectivity index (χ2n) is 8.02. The number of rotatable bonds is 10. The first-order chi connectivity index (χ1) is 14.7. The molecule has 1 aliphatic rings. The van der Waals surface area contributed by atoms with Crippen molar-refractivity contribution in [3.8, 4) is 0 Å². The van der Waals surface area contributed by atoms with Gasteiger partial charge in [-0.1, -0.05) is 0 Å². The van der Waals surface area contributed by atoms with Gasteiger partial charge in [0.1, 0.15) is 30.2 Å². The molecule has 172 valence electrons. The Kier molecular flexibility index (Phi) is 7.35. The summed E-state index contributed by atoms with van der Waals surface area (Å²) < 4.78 is 7.50. The average Bonchev–Trinajstić information content (AvgIpc) is 3.26. The number of nitrogens with two attached hydrogens (primary N) is 2. The largest absolute Gasteiger partial charge is 0.477 e. The topological polar surface area (TPSA) is 214 Å². The van der Waals surface area contributed by atoms with Gasteiger partial charge in [0.25, 0.3) is 0 Å². The molecule has 3 heterocycles. The van der Waals surface area contributed by atoms with Gasteiger partial charge in [0.2, 0.25) is 0 Å². The number of imidazole rings is 1. The lowest BCUT2D eigenvalue weighted by Crippen LogP contribution is -2.65. The van der Waals surface area contributed by atoms with Crippen LogP contribution in [0.5, 0.6) is 0 Å². The van der Waals surface area contributed by atoms with Crippen LogP contribution < -0.4 is 17.2 Å². The lowest BCUT2D eigenvalue weighted by atomic mass is 10.1. The zero-order valence-electron chi connectivity index (χ0n) is 17.4. The zero-order chi connectivity index (χ0) is 22.7. The van der Waals surface area contributed by atoms with Crippen LogP contribution in [0.1, 0.15) is 26.0 Å². The van der Waals surface area contributed by atoms with Crippen molar-refractivity contribution in [2.45, 2.75) is 56.4 Å². The molecule has 2 aromatic heterocycles. The third-order valence-corrected chi connectivity index (χ3v) is 5.48. The summed E-state index contributed by atoms with van der Waals surface area (Å²) in [6.45, 7) is 3.21. The third-order valence-electron chi connectivity index (χ3n) is 5.48. The van der Waals surface area contributed by atoms with E-state index in [1.807, 2.05) is 11.8 Å². The van der Waals surface area contributed by atoms with E-state index >= 15 is 0 Å². The number of nitrogens with zero attached hydrogens (tertiary/aromatic N) is 5. The van der Waals surface area contributed by atoms with Crippen molar-refractivity contribution in [1.29, 1.82) is 0 Å². The van der Waals surface area contributed by atoms with Gasteiger partial charge in [-0.25, -0.2) is 19.7 Å². The lowest BCUT2D eigenvalue weighted by molar-refractivity contribution is -0.409. The molecule has 0 saturated carbocycles. The highest BCUT2D eigenvalue weighted by Crippen LogP contribution is 2.32. The van der Waals surface area contributed by atoms with E-state index in [1.54, 1.807) is 0 Å². The smallest absolute Gasteiger partial charge is 0.362 e. The molecule has 6 atom stereocenters. The maximum absolute atomic E-state index is 11.1. The number of ether oxygens (including phenoxy) is 1. The van der Waals surface area contributed by atoms with Gasteiger partial charge < -0.3 is 42.2 Å². The van der Waals surface area contributed by atoms with E-state index in [0.29, 0.717) is 37.1 Å². The highest BCUT2D eigenvalue weighted by atomic mass is 16.6. The van der Waals surface area contributed by atoms with E-state index in [2.05, 4.69) is 20.7 Å². The predicted molar refractivity (Wildman–Crippen MR) is 109 cm³/mol. The lowest BCUT2D eigenvalue weighted by Gasteiger charge is -2.27. The van der Waals surface area contributed by atoms with Gasteiger partial charge in [0.15, 0.2) is 23.7 Å². The summed E-state index contributed by atoms with van der Waals surface area (Å²) >= 11 is 0. The molecular weight excluding hydrogens is 408 g/mol. The number of carboxylic acids is 1. The molecule has 0 bridgehead atoms. The Labute approximate surface area is 178 Å². The van der Waals surface area contributed by atoms with E-state index in [4.69, 9.17) is 21.3 Å². The van der Waals surface area contributed by atoms with Crippen LogP contribution in [0.3, 0.4) is 0 Å². The molecule has 0 amide bonds. The minimum absolute atomic E-state index is 0.0345. The summed E-state index contributed by atoms with van der Waals surface area (Å²) in [6.07, 6.45) is -0.238. The van der Waals surface area contributed by atoms with Crippen molar-refractivity contribution >= 4 is 23.0 Å². The Morgan fingerprint density at radius 2 is 2.00 bits per heavy atom. The van der Waals surface area contributed by atoms with Gasteiger partial charge in [0.05, 0.1) is 6.33 Å². The van der Waals surface area contributed by atoms with E-state index in [0.717, 1.165) is 0 Å². The fourth-order valence-corrected chi connectivity index (χ4v) is 3.56. The summed E-state index contributed by atoms with van der Waals surface area (Å²) in [5.74, 6) is -0.760. The van der Waals surface area contributed by atoms with Crippen LogP contribution in [0, 0.1) is 0 Å². The standard InChI is InChI=1S/C18H30N8O5/c1-9(19)2-4-25(5-3-10(20)18(29)30)6-11-13(27)14(28)17(31-11)26-8-24-12-15(21)22-7-23-16(12)26/h7-11,13-14,17,27-28H,2-6,19-20H2,1H3,(H,29,30)(H2,21,22,23)/p+1/t9-,10+,11-,13-,14-,17-/m1/s1. The fourth-order valence-electron chi connectivity index (χ4n) is 3.56. The van der Waals surface area contributed by atoms with Gasteiger partial charge >= 0.3 is 5.97 Å². The molecule has 0 radical (unpaired) electrons. The van der Waals surface area contributed by atoms with Gasteiger partial charge in [-0.2, -0.15) is 0 Å². The minimum atomic E-state index is -1.21. The highest BCUT2D eigenvalue weighted by molar-refractivity contribution is 5.81. The predicted octanol–water partition coefficient (Wildman–Crippen LogP) is -2.85. The van der Waals surface area contributed by atoms with E-state index in [1.165, 1.54) is 17.2 Å². The van der Waals surface area contributed by atoms with Crippen molar-refractivity contribution in [3.63, 3.8) is 0 Å². The molecule has 1 fully saturated rings. The summed E-state index contributed by atoms with van der Waals surface area (Å²) in [7, 11) is 0. The molecule has 0 aromatic carbocycles. The van der Waals surface area contributed by atoms with Gasteiger partial charge in [-0.3, -0.25) is 4.57 Å². The fraction of sp³-hybridized carbons (Fsp3) is 0.667. The Balaban J connectivity index is 1.72. The van der Waals surface area contributed by atoms with Gasteiger partial charge in [-0.05, 0) is 19.9 Å². The number of aliphatic carboxylic acids is 1. The van der Waals surface area contributed by atoms with E-state index < -0.39 is 36.6 Å². The Morgan fingerprint density at radius 1 is 1.29 bits per heavy atom. The van der Waals surface area contributed by atoms with Crippen molar-refractivity contribution in [1.82, 2.24) is 24.4 Å². The molecule has 1 aliphatic heterocycles. The quantitative estimate of drug-likeness (QED) is 0.221. The molecule has 13 nitrogen and oxygen atoms in total. The number of aliphatic hydroxyl groups is 2. The van der Waals surface area contributed by atoms with Crippen molar-refractivity contribution in [2.75, 3.05) is 25.4 Å². The van der Waals surface area contributed by atoms with Crippen molar-refractivity contribution in [3.05, 3.63) is 12.7 Å². The third kappa shape index (κ3) is 5.26. The number of aliphatic hydroxyl groups excluding tert-OH is 2. The number of aromatic nitrogens is 4. The second-order valence-corrected chi connectivity index (χ2v) is 8.02. The van der Waals surface area contributed by atoms with Crippen molar-refractivity contribution in [2.24, 2.45) is 5.73 Å².